The second kappa shape index (κ2) is 7.35. The molecule has 0 nitrogen and oxygen atoms in total. The zero-order valence-corrected chi connectivity index (χ0v) is 12.8. The summed E-state index contributed by atoms with van der Waals surface area (Å²) in [5.74, 6) is 2.63. The third-order valence-electron chi connectivity index (χ3n) is 4.61. The van der Waals surface area contributed by atoms with Crippen LogP contribution in [0.5, 0.6) is 0 Å². The lowest BCUT2D eigenvalue weighted by Crippen LogP contribution is -2.32. The van der Waals surface area contributed by atoms with Crippen molar-refractivity contribution in [1.82, 2.24) is 0 Å². The van der Waals surface area contributed by atoms with Crippen molar-refractivity contribution >= 4 is 0 Å². The summed E-state index contributed by atoms with van der Waals surface area (Å²) in [4.78, 5) is 0. The number of hydrogen-bond donors (Lipinski definition) is 0. The summed E-state index contributed by atoms with van der Waals surface area (Å²) in [5.41, 5.74) is 0.519. The van der Waals surface area contributed by atoms with Crippen LogP contribution >= 0.6 is 0 Å². The van der Waals surface area contributed by atoms with Gasteiger partial charge in [0.2, 0.25) is 0 Å². The van der Waals surface area contributed by atoms with Crippen LogP contribution in [0, 0.1) is 23.2 Å². The van der Waals surface area contributed by atoms with Gasteiger partial charge in [-0.25, -0.2) is 0 Å². The van der Waals surface area contributed by atoms with Crippen molar-refractivity contribution in [3.8, 4) is 0 Å². The molecular formula is C16H34. The molecule has 0 spiro atoms. The van der Waals surface area contributed by atoms with E-state index in [1.165, 1.54) is 32.1 Å². The Morgan fingerprint density at radius 2 is 1.50 bits per heavy atom. The molecule has 0 amide bonds. The summed E-state index contributed by atoms with van der Waals surface area (Å²) >= 11 is 0. The maximum absolute atomic E-state index is 2.48. The van der Waals surface area contributed by atoms with E-state index >= 15 is 0 Å². The van der Waals surface area contributed by atoms with Gasteiger partial charge in [0, 0.05) is 0 Å². The number of hydrogen-bond acceptors (Lipinski definition) is 0. The lowest BCUT2D eigenvalue weighted by atomic mass is 9.65. The third kappa shape index (κ3) is 4.47. The van der Waals surface area contributed by atoms with Gasteiger partial charge in [-0.3, -0.25) is 0 Å². The van der Waals surface area contributed by atoms with Gasteiger partial charge in [-0.05, 0) is 29.6 Å². The lowest BCUT2D eigenvalue weighted by Gasteiger charge is -2.40. The molecule has 0 heterocycles. The van der Waals surface area contributed by atoms with Crippen molar-refractivity contribution in [1.29, 1.82) is 0 Å². The molecule has 0 rings (SSSR count). The van der Waals surface area contributed by atoms with Crippen LogP contribution in [0.3, 0.4) is 0 Å². The van der Waals surface area contributed by atoms with Gasteiger partial charge in [0.1, 0.15) is 0 Å². The first-order valence-corrected chi connectivity index (χ1v) is 7.40. The Kier molecular flexibility index (Phi) is 7.35. The van der Waals surface area contributed by atoms with Crippen LogP contribution < -0.4 is 0 Å². The van der Waals surface area contributed by atoms with Crippen molar-refractivity contribution in [2.45, 2.75) is 80.6 Å². The van der Waals surface area contributed by atoms with E-state index in [9.17, 15) is 0 Å². The first-order valence-electron chi connectivity index (χ1n) is 7.40. The maximum Gasteiger partial charge on any atom is -0.0323 e. The van der Waals surface area contributed by atoms with Crippen LogP contribution in [0.25, 0.3) is 0 Å². The van der Waals surface area contributed by atoms with E-state index in [1.54, 1.807) is 0 Å². The first-order chi connectivity index (χ1) is 7.40. The molecule has 0 aliphatic carbocycles. The van der Waals surface area contributed by atoms with Gasteiger partial charge in [-0.1, -0.05) is 74.1 Å². The Morgan fingerprint density at radius 3 is 1.88 bits per heavy atom. The van der Waals surface area contributed by atoms with E-state index in [-0.39, 0.29) is 0 Å². The van der Waals surface area contributed by atoms with Crippen molar-refractivity contribution < 1.29 is 0 Å². The normalized spacial score (nSPS) is 18.2. The largest absolute Gasteiger partial charge is 0.0654 e. The van der Waals surface area contributed by atoms with E-state index in [0.29, 0.717) is 5.41 Å². The van der Waals surface area contributed by atoms with Crippen LogP contribution in [0.1, 0.15) is 80.6 Å². The minimum Gasteiger partial charge on any atom is -0.0654 e. The van der Waals surface area contributed by atoms with Crippen LogP contribution in [0.4, 0.5) is 0 Å². The van der Waals surface area contributed by atoms with Crippen LogP contribution in [0.2, 0.25) is 0 Å². The van der Waals surface area contributed by atoms with Gasteiger partial charge in [-0.2, -0.15) is 0 Å². The van der Waals surface area contributed by atoms with Gasteiger partial charge >= 0.3 is 0 Å². The molecule has 0 fully saturated rings. The lowest BCUT2D eigenvalue weighted by molar-refractivity contribution is 0.0943. The Bertz CT molecular complexity index is 169. The molecule has 0 N–H and O–H groups in total. The van der Waals surface area contributed by atoms with Gasteiger partial charge in [0.25, 0.3) is 0 Å². The van der Waals surface area contributed by atoms with Crippen LogP contribution in [-0.2, 0) is 0 Å². The van der Waals surface area contributed by atoms with Crippen molar-refractivity contribution in [2.75, 3.05) is 0 Å². The standard InChI is InChI=1S/C16H34/c1-8-11-13(4)14(5)15(10-3)16(6,7)12-9-2/h13-15H,8-12H2,1-7H3. The minimum atomic E-state index is 0.519. The second-order valence-electron chi connectivity index (χ2n) is 6.38. The fourth-order valence-corrected chi connectivity index (χ4v) is 3.58. The molecule has 98 valence electrons. The van der Waals surface area contributed by atoms with Crippen LogP contribution in [0.15, 0.2) is 0 Å². The Labute approximate surface area is 104 Å². The second-order valence-corrected chi connectivity index (χ2v) is 6.38. The van der Waals surface area contributed by atoms with Gasteiger partial charge < -0.3 is 0 Å². The Balaban J connectivity index is 4.57. The molecular weight excluding hydrogens is 192 g/mol. The molecule has 0 aliphatic heterocycles. The monoisotopic (exact) mass is 226 g/mol. The van der Waals surface area contributed by atoms with Crippen molar-refractivity contribution in [3.05, 3.63) is 0 Å². The van der Waals surface area contributed by atoms with E-state index in [1.807, 2.05) is 0 Å². The van der Waals surface area contributed by atoms with E-state index in [4.69, 9.17) is 0 Å². The van der Waals surface area contributed by atoms with Crippen molar-refractivity contribution in [3.63, 3.8) is 0 Å². The molecule has 16 heavy (non-hydrogen) atoms. The molecule has 0 aromatic rings. The zero-order chi connectivity index (χ0) is 12.8. The van der Waals surface area contributed by atoms with E-state index in [0.717, 1.165) is 17.8 Å². The molecule has 0 heteroatoms. The molecule has 0 radical (unpaired) electrons. The molecule has 0 aliphatic rings. The summed E-state index contributed by atoms with van der Waals surface area (Å²) < 4.78 is 0. The predicted octanol–water partition coefficient (Wildman–Crippen LogP) is 5.91. The molecule has 0 aromatic carbocycles. The molecule has 0 saturated carbocycles. The quantitative estimate of drug-likeness (QED) is 0.482. The summed E-state index contributed by atoms with van der Waals surface area (Å²) in [6.45, 7) is 16.9. The highest BCUT2D eigenvalue weighted by molar-refractivity contribution is 4.83. The fraction of sp³-hybridized carbons (Fsp3) is 1.00. The van der Waals surface area contributed by atoms with Gasteiger partial charge in [0.15, 0.2) is 0 Å². The predicted molar refractivity (Wildman–Crippen MR) is 75.7 cm³/mol. The van der Waals surface area contributed by atoms with Gasteiger partial charge in [0.05, 0.1) is 0 Å². The SMILES string of the molecule is CCCC(C)C(C)C(CC)C(C)(C)CCC. The molecule has 0 saturated heterocycles. The Morgan fingerprint density at radius 1 is 0.938 bits per heavy atom. The summed E-state index contributed by atoms with van der Waals surface area (Å²) in [6.07, 6.45) is 6.74. The van der Waals surface area contributed by atoms with Crippen molar-refractivity contribution in [2.24, 2.45) is 23.2 Å². The minimum absolute atomic E-state index is 0.519. The molecule has 3 unspecified atom stereocenters. The summed E-state index contributed by atoms with van der Waals surface area (Å²) in [7, 11) is 0. The van der Waals surface area contributed by atoms with E-state index in [2.05, 4.69) is 48.5 Å². The van der Waals surface area contributed by atoms with Crippen LogP contribution in [-0.4, -0.2) is 0 Å². The summed E-state index contributed by atoms with van der Waals surface area (Å²) in [5, 5.41) is 0. The maximum atomic E-state index is 2.48. The number of rotatable bonds is 8. The topological polar surface area (TPSA) is 0 Å². The highest BCUT2D eigenvalue weighted by Crippen LogP contribution is 2.42. The average molecular weight is 226 g/mol. The average Bonchev–Trinajstić information content (AvgIpc) is 2.18. The van der Waals surface area contributed by atoms with Gasteiger partial charge in [-0.15, -0.1) is 0 Å². The third-order valence-corrected chi connectivity index (χ3v) is 4.61. The molecule has 3 atom stereocenters. The smallest absolute Gasteiger partial charge is 0.0323 e. The first kappa shape index (κ1) is 16.0. The molecule has 0 bridgehead atoms. The zero-order valence-electron chi connectivity index (χ0n) is 12.8. The molecule has 0 aromatic heterocycles. The van der Waals surface area contributed by atoms with E-state index < -0.39 is 0 Å². The Hall–Kier alpha value is 0. The fourth-order valence-electron chi connectivity index (χ4n) is 3.58. The highest BCUT2D eigenvalue weighted by Gasteiger charge is 2.33. The highest BCUT2D eigenvalue weighted by atomic mass is 14.4. The summed E-state index contributed by atoms with van der Waals surface area (Å²) in [6, 6.07) is 0.